The van der Waals surface area contributed by atoms with E-state index >= 15 is 0 Å². The molecule has 2 aromatic carbocycles. The summed E-state index contributed by atoms with van der Waals surface area (Å²) >= 11 is 3.27. The number of carbonyl (C=O) groups is 2. The standard InChI is InChI=1S/C18H13BrFNO4/c1-24-15(22)8-10-4-2-3-5-14(10)21-18(23)12-9-13(19)17-11(16(12)20)6-7-25-17/h2-7,9H,8H2,1H3,(H,21,23). The molecule has 1 N–H and O–H groups in total. The molecule has 3 rings (SSSR count). The summed E-state index contributed by atoms with van der Waals surface area (Å²) in [6.45, 7) is 0. The first-order valence-electron chi connectivity index (χ1n) is 7.32. The van der Waals surface area contributed by atoms with Gasteiger partial charge in [0.25, 0.3) is 5.91 Å². The highest BCUT2D eigenvalue weighted by Crippen LogP contribution is 2.30. The molecule has 0 radical (unpaired) electrons. The van der Waals surface area contributed by atoms with E-state index in [1.165, 1.54) is 25.5 Å². The molecule has 128 valence electrons. The highest BCUT2D eigenvalue weighted by molar-refractivity contribution is 9.10. The Hall–Kier alpha value is -2.67. The fraction of sp³-hybridized carbons (Fsp3) is 0.111. The van der Waals surface area contributed by atoms with Gasteiger partial charge in [-0.15, -0.1) is 0 Å². The summed E-state index contributed by atoms with van der Waals surface area (Å²) < 4.78 is 24.9. The van der Waals surface area contributed by atoms with Gasteiger partial charge in [-0.25, -0.2) is 4.39 Å². The molecule has 3 aromatic rings. The Morgan fingerprint density at radius 3 is 2.80 bits per heavy atom. The van der Waals surface area contributed by atoms with E-state index in [0.717, 1.165) is 0 Å². The molecule has 1 aromatic heterocycles. The smallest absolute Gasteiger partial charge is 0.310 e. The summed E-state index contributed by atoms with van der Waals surface area (Å²) in [5, 5.41) is 2.85. The average Bonchev–Trinajstić information content (AvgIpc) is 3.10. The van der Waals surface area contributed by atoms with Crippen molar-refractivity contribution < 1.29 is 23.1 Å². The normalized spacial score (nSPS) is 10.7. The monoisotopic (exact) mass is 405 g/mol. The van der Waals surface area contributed by atoms with Crippen LogP contribution in [0.1, 0.15) is 15.9 Å². The molecule has 1 heterocycles. The largest absolute Gasteiger partial charge is 0.469 e. The van der Waals surface area contributed by atoms with E-state index in [1.807, 2.05) is 0 Å². The van der Waals surface area contributed by atoms with Crippen molar-refractivity contribution in [2.45, 2.75) is 6.42 Å². The Kier molecular flexibility index (Phi) is 4.85. The third-order valence-electron chi connectivity index (χ3n) is 3.70. The number of nitrogens with one attached hydrogen (secondary N) is 1. The maximum Gasteiger partial charge on any atom is 0.310 e. The highest BCUT2D eigenvalue weighted by Gasteiger charge is 2.20. The summed E-state index contributed by atoms with van der Waals surface area (Å²) in [6, 6.07) is 9.60. The van der Waals surface area contributed by atoms with Crippen LogP contribution in [0.3, 0.4) is 0 Å². The van der Waals surface area contributed by atoms with Crippen molar-refractivity contribution in [2.75, 3.05) is 12.4 Å². The van der Waals surface area contributed by atoms with E-state index < -0.39 is 17.7 Å². The van der Waals surface area contributed by atoms with Crippen LogP contribution in [0.25, 0.3) is 11.0 Å². The molecular formula is C18H13BrFNO4. The van der Waals surface area contributed by atoms with Gasteiger partial charge in [-0.3, -0.25) is 9.59 Å². The second-order valence-corrected chi connectivity index (χ2v) is 6.10. The fourth-order valence-corrected chi connectivity index (χ4v) is 2.98. The molecule has 0 atom stereocenters. The number of furan rings is 1. The number of benzene rings is 2. The molecule has 5 nitrogen and oxygen atoms in total. The van der Waals surface area contributed by atoms with Crippen LogP contribution in [0.4, 0.5) is 10.1 Å². The predicted octanol–water partition coefficient (Wildman–Crippen LogP) is 4.30. The van der Waals surface area contributed by atoms with E-state index in [9.17, 15) is 14.0 Å². The first kappa shape index (κ1) is 17.2. The third kappa shape index (κ3) is 3.41. The zero-order valence-corrected chi connectivity index (χ0v) is 14.7. The van der Waals surface area contributed by atoms with Crippen molar-refractivity contribution in [3.05, 3.63) is 64.1 Å². The van der Waals surface area contributed by atoms with Crippen molar-refractivity contribution in [3.8, 4) is 0 Å². The average molecular weight is 406 g/mol. The van der Waals surface area contributed by atoms with Crippen LogP contribution in [0.15, 0.2) is 51.6 Å². The number of rotatable bonds is 4. The Bertz CT molecular complexity index is 967. The van der Waals surface area contributed by atoms with Crippen molar-refractivity contribution >= 4 is 44.5 Å². The minimum atomic E-state index is -0.671. The summed E-state index contributed by atoms with van der Waals surface area (Å²) in [6.07, 6.45) is 1.35. The van der Waals surface area contributed by atoms with E-state index in [1.54, 1.807) is 24.3 Å². The van der Waals surface area contributed by atoms with E-state index in [0.29, 0.717) is 21.3 Å². The van der Waals surface area contributed by atoms with Gasteiger partial charge < -0.3 is 14.5 Å². The Balaban J connectivity index is 1.93. The number of esters is 1. The van der Waals surface area contributed by atoms with E-state index in [2.05, 4.69) is 26.0 Å². The van der Waals surface area contributed by atoms with Gasteiger partial charge in [0.2, 0.25) is 0 Å². The van der Waals surface area contributed by atoms with Crippen molar-refractivity contribution in [1.29, 1.82) is 0 Å². The van der Waals surface area contributed by atoms with E-state index in [4.69, 9.17) is 4.42 Å². The summed E-state index contributed by atoms with van der Waals surface area (Å²) in [5.74, 6) is -1.73. The summed E-state index contributed by atoms with van der Waals surface area (Å²) in [7, 11) is 1.29. The SMILES string of the molecule is COC(=O)Cc1ccccc1NC(=O)c1cc(Br)c2occc2c1F. The van der Waals surface area contributed by atoms with Crippen molar-refractivity contribution in [1.82, 2.24) is 0 Å². The van der Waals surface area contributed by atoms with Gasteiger partial charge in [0.05, 0.1) is 35.2 Å². The number of para-hydroxylation sites is 1. The van der Waals surface area contributed by atoms with Crippen LogP contribution in [-0.4, -0.2) is 19.0 Å². The van der Waals surface area contributed by atoms with Gasteiger partial charge in [-0.05, 0) is 39.7 Å². The number of halogens is 2. The first-order valence-corrected chi connectivity index (χ1v) is 8.12. The Labute approximate surface area is 150 Å². The second-order valence-electron chi connectivity index (χ2n) is 5.25. The molecule has 0 fully saturated rings. The van der Waals surface area contributed by atoms with E-state index in [-0.39, 0.29) is 17.4 Å². The number of carbonyl (C=O) groups excluding carboxylic acids is 2. The number of methoxy groups -OCH3 is 1. The number of ether oxygens (including phenoxy) is 1. The number of anilines is 1. The van der Waals surface area contributed by atoms with Gasteiger partial charge in [-0.1, -0.05) is 18.2 Å². The molecule has 0 aliphatic rings. The van der Waals surface area contributed by atoms with Crippen LogP contribution >= 0.6 is 15.9 Å². The summed E-state index contributed by atoms with van der Waals surface area (Å²) in [4.78, 5) is 24.0. The molecule has 0 saturated carbocycles. The van der Waals surface area contributed by atoms with Crippen LogP contribution in [0, 0.1) is 5.82 Å². The highest BCUT2D eigenvalue weighted by atomic mass is 79.9. The van der Waals surface area contributed by atoms with Gasteiger partial charge >= 0.3 is 5.97 Å². The lowest BCUT2D eigenvalue weighted by molar-refractivity contribution is -0.139. The zero-order chi connectivity index (χ0) is 18.0. The molecule has 0 aliphatic heterocycles. The molecule has 0 bridgehead atoms. The molecule has 25 heavy (non-hydrogen) atoms. The van der Waals surface area contributed by atoms with Crippen LogP contribution < -0.4 is 5.32 Å². The molecular weight excluding hydrogens is 393 g/mol. The van der Waals surface area contributed by atoms with Gasteiger partial charge in [-0.2, -0.15) is 0 Å². The predicted molar refractivity (Wildman–Crippen MR) is 94.0 cm³/mol. The minimum absolute atomic E-state index is 0.000104. The maximum absolute atomic E-state index is 14.6. The molecule has 1 amide bonds. The molecule has 7 heteroatoms. The molecule has 0 spiro atoms. The maximum atomic E-state index is 14.6. The number of amides is 1. The van der Waals surface area contributed by atoms with Gasteiger partial charge in [0.1, 0.15) is 5.82 Å². The lowest BCUT2D eigenvalue weighted by Crippen LogP contribution is -2.16. The summed E-state index contributed by atoms with van der Waals surface area (Å²) in [5.41, 5.74) is 1.20. The topological polar surface area (TPSA) is 68.5 Å². The fourth-order valence-electron chi connectivity index (χ4n) is 2.45. The Morgan fingerprint density at radius 2 is 2.04 bits per heavy atom. The third-order valence-corrected chi connectivity index (χ3v) is 4.29. The van der Waals surface area contributed by atoms with Gasteiger partial charge in [0.15, 0.2) is 5.58 Å². The van der Waals surface area contributed by atoms with Gasteiger partial charge in [0, 0.05) is 5.69 Å². The molecule has 0 aliphatic carbocycles. The zero-order valence-electron chi connectivity index (χ0n) is 13.1. The lowest BCUT2D eigenvalue weighted by atomic mass is 10.1. The minimum Gasteiger partial charge on any atom is -0.469 e. The first-order chi connectivity index (χ1) is 12.0. The molecule has 0 unspecified atom stereocenters. The number of fused-ring (bicyclic) bond motifs is 1. The van der Waals surface area contributed by atoms with Crippen LogP contribution in [0.5, 0.6) is 0 Å². The Morgan fingerprint density at radius 1 is 1.28 bits per heavy atom. The van der Waals surface area contributed by atoms with Crippen LogP contribution in [0.2, 0.25) is 0 Å². The quantitative estimate of drug-likeness (QED) is 0.656. The number of hydrogen-bond acceptors (Lipinski definition) is 4. The van der Waals surface area contributed by atoms with Crippen LogP contribution in [-0.2, 0) is 16.0 Å². The number of hydrogen-bond donors (Lipinski definition) is 1. The molecule has 0 saturated heterocycles. The van der Waals surface area contributed by atoms with Crippen molar-refractivity contribution in [3.63, 3.8) is 0 Å². The lowest BCUT2D eigenvalue weighted by Gasteiger charge is -2.11. The second kappa shape index (κ2) is 7.06. The van der Waals surface area contributed by atoms with Crippen molar-refractivity contribution in [2.24, 2.45) is 0 Å².